The Balaban J connectivity index is 2.56. The van der Waals surface area contributed by atoms with Crippen LogP contribution in [0, 0.1) is 5.92 Å². The van der Waals surface area contributed by atoms with E-state index in [0.717, 1.165) is 12.8 Å². The van der Waals surface area contributed by atoms with Crippen molar-refractivity contribution in [2.75, 3.05) is 0 Å². The molecule has 1 aliphatic carbocycles. The zero-order valence-corrected chi connectivity index (χ0v) is 6.80. The molecule has 10 heavy (non-hydrogen) atoms. The molecule has 0 spiro atoms. The summed E-state index contributed by atoms with van der Waals surface area (Å²) in [7, 11) is 0. The monoisotopic (exact) mass is 140 g/mol. The fraction of sp³-hybridized carbons (Fsp3) is 0.778. The predicted octanol–water partition coefficient (Wildman–Crippen LogP) is 2.11. The topological polar surface area (TPSA) is 20.2 Å². The molecule has 2 unspecified atom stereocenters. The van der Waals surface area contributed by atoms with Gasteiger partial charge in [-0.05, 0) is 25.2 Å². The van der Waals surface area contributed by atoms with Crippen molar-refractivity contribution in [2.24, 2.45) is 5.92 Å². The first-order valence-corrected chi connectivity index (χ1v) is 4.10. The second kappa shape index (κ2) is 3.20. The van der Waals surface area contributed by atoms with Crippen LogP contribution >= 0.6 is 0 Å². The van der Waals surface area contributed by atoms with E-state index in [1.807, 2.05) is 6.08 Å². The SMILES string of the molecule is CCC1=CC(O)CC(C)C1. The normalized spacial score (nSPS) is 33.7. The lowest BCUT2D eigenvalue weighted by Gasteiger charge is -2.21. The van der Waals surface area contributed by atoms with Crippen molar-refractivity contribution in [1.29, 1.82) is 0 Å². The second-order valence-corrected chi connectivity index (χ2v) is 3.29. The number of aliphatic hydroxyl groups excluding tert-OH is 1. The van der Waals surface area contributed by atoms with Crippen LogP contribution in [-0.4, -0.2) is 11.2 Å². The van der Waals surface area contributed by atoms with E-state index in [-0.39, 0.29) is 6.10 Å². The van der Waals surface area contributed by atoms with Gasteiger partial charge in [0.15, 0.2) is 0 Å². The molecule has 0 aliphatic heterocycles. The van der Waals surface area contributed by atoms with Crippen molar-refractivity contribution in [3.8, 4) is 0 Å². The van der Waals surface area contributed by atoms with Gasteiger partial charge in [0.1, 0.15) is 0 Å². The van der Waals surface area contributed by atoms with E-state index in [1.165, 1.54) is 12.0 Å². The Morgan fingerprint density at radius 2 is 2.40 bits per heavy atom. The molecule has 1 aliphatic rings. The molecule has 2 atom stereocenters. The van der Waals surface area contributed by atoms with Gasteiger partial charge in [-0.3, -0.25) is 0 Å². The second-order valence-electron chi connectivity index (χ2n) is 3.29. The van der Waals surface area contributed by atoms with E-state index in [0.29, 0.717) is 5.92 Å². The summed E-state index contributed by atoms with van der Waals surface area (Å²) in [6.45, 7) is 4.35. The Labute approximate surface area is 62.8 Å². The molecule has 1 nitrogen and oxygen atoms in total. The lowest BCUT2D eigenvalue weighted by atomic mass is 9.88. The first-order valence-electron chi connectivity index (χ1n) is 4.10. The quantitative estimate of drug-likeness (QED) is 0.553. The van der Waals surface area contributed by atoms with Crippen LogP contribution in [0.1, 0.15) is 33.1 Å². The molecule has 0 radical (unpaired) electrons. The van der Waals surface area contributed by atoms with Crippen LogP contribution in [0.2, 0.25) is 0 Å². The number of hydrogen-bond acceptors (Lipinski definition) is 1. The minimum atomic E-state index is -0.168. The number of hydrogen-bond donors (Lipinski definition) is 1. The minimum absolute atomic E-state index is 0.168. The first-order chi connectivity index (χ1) is 4.72. The maximum absolute atomic E-state index is 9.30. The van der Waals surface area contributed by atoms with Crippen molar-refractivity contribution in [1.82, 2.24) is 0 Å². The van der Waals surface area contributed by atoms with Crippen LogP contribution in [0.15, 0.2) is 11.6 Å². The molecule has 0 fully saturated rings. The summed E-state index contributed by atoms with van der Waals surface area (Å²) in [5.41, 5.74) is 1.42. The van der Waals surface area contributed by atoms with E-state index in [1.54, 1.807) is 0 Å². The Hall–Kier alpha value is -0.300. The van der Waals surface area contributed by atoms with Gasteiger partial charge in [-0.1, -0.05) is 25.5 Å². The summed E-state index contributed by atoms with van der Waals surface area (Å²) < 4.78 is 0. The maximum Gasteiger partial charge on any atom is 0.0726 e. The smallest absolute Gasteiger partial charge is 0.0726 e. The molecule has 58 valence electrons. The summed E-state index contributed by atoms with van der Waals surface area (Å²) in [5.74, 6) is 0.676. The molecule has 0 heterocycles. The van der Waals surface area contributed by atoms with Crippen molar-refractivity contribution in [2.45, 2.75) is 39.2 Å². The summed E-state index contributed by atoms with van der Waals surface area (Å²) in [6, 6.07) is 0. The van der Waals surface area contributed by atoms with Gasteiger partial charge in [0, 0.05) is 0 Å². The number of aliphatic hydroxyl groups is 1. The van der Waals surface area contributed by atoms with Gasteiger partial charge in [-0.15, -0.1) is 0 Å². The highest BCUT2D eigenvalue weighted by molar-refractivity contribution is 5.09. The molecule has 0 aromatic carbocycles. The van der Waals surface area contributed by atoms with Gasteiger partial charge in [0.05, 0.1) is 6.10 Å². The van der Waals surface area contributed by atoms with Crippen molar-refractivity contribution >= 4 is 0 Å². The molecule has 1 heteroatoms. The van der Waals surface area contributed by atoms with Gasteiger partial charge in [0.2, 0.25) is 0 Å². The fourth-order valence-corrected chi connectivity index (χ4v) is 1.61. The Morgan fingerprint density at radius 3 is 2.90 bits per heavy atom. The Kier molecular flexibility index (Phi) is 2.50. The highest BCUT2D eigenvalue weighted by Gasteiger charge is 2.15. The number of rotatable bonds is 1. The summed E-state index contributed by atoms with van der Waals surface area (Å²) >= 11 is 0. The van der Waals surface area contributed by atoms with E-state index < -0.39 is 0 Å². The van der Waals surface area contributed by atoms with Crippen LogP contribution in [0.25, 0.3) is 0 Å². The molecule has 0 aromatic rings. The van der Waals surface area contributed by atoms with Gasteiger partial charge in [-0.25, -0.2) is 0 Å². The molecule has 1 rings (SSSR count). The average molecular weight is 140 g/mol. The van der Waals surface area contributed by atoms with E-state index in [9.17, 15) is 5.11 Å². The first kappa shape index (κ1) is 7.80. The van der Waals surface area contributed by atoms with E-state index >= 15 is 0 Å². The molecule has 0 amide bonds. The molecule has 0 saturated heterocycles. The van der Waals surface area contributed by atoms with Crippen LogP contribution in [0.3, 0.4) is 0 Å². The van der Waals surface area contributed by atoms with E-state index in [2.05, 4.69) is 13.8 Å². The third-order valence-electron chi connectivity index (χ3n) is 2.14. The van der Waals surface area contributed by atoms with Crippen molar-refractivity contribution in [3.05, 3.63) is 11.6 Å². The van der Waals surface area contributed by atoms with E-state index in [4.69, 9.17) is 0 Å². The highest BCUT2D eigenvalue weighted by Crippen LogP contribution is 2.25. The van der Waals surface area contributed by atoms with Gasteiger partial charge in [0.25, 0.3) is 0 Å². The largest absolute Gasteiger partial charge is 0.389 e. The molecule has 0 saturated carbocycles. The molecule has 0 aromatic heterocycles. The lowest BCUT2D eigenvalue weighted by molar-refractivity contribution is 0.180. The molecular formula is C9H16O. The van der Waals surface area contributed by atoms with Crippen molar-refractivity contribution in [3.63, 3.8) is 0 Å². The summed E-state index contributed by atoms with van der Waals surface area (Å²) in [4.78, 5) is 0. The zero-order valence-electron chi connectivity index (χ0n) is 6.80. The van der Waals surface area contributed by atoms with Gasteiger partial charge >= 0.3 is 0 Å². The van der Waals surface area contributed by atoms with Crippen LogP contribution in [-0.2, 0) is 0 Å². The van der Waals surface area contributed by atoms with Gasteiger partial charge < -0.3 is 5.11 Å². The van der Waals surface area contributed by atoms with Crippen LogP contribution < -0.4 is 0 Å². The third-order valence-corrected chi connectivity index (χ3v) is 2.14. The standard InChI is InChI=1S/C9H16O/c1-3-8-4-7(2)5-9(10)6-8/h6-7,9-10H,3-5H2,1-2H3. The fourth-order valence-electron chi connectivity index (χ4n) is 1.61. The third kappa shape index (κ3) is 1.84. The molecule has 0 bridgehead atoms. The number of allylic oxidation sites excluding steroid dienone is 1. The molecular weight excluding hydrogens is 124 g/mol. The average Bonchev–Trinajstić information content (AvgIpc) is 1.85. The highest BCUT2D eigenvalue weighted by atomic mass is 16.3. The van der Waals surface area contributed by atoms with Crippen LogP contribution in [0.4, 0.5) is 0 Å². The van der Waals surface area contributed by atoms with Gasteiger partial charge in [-0.2, -0.15) is 0 Å². The van der Waals surface area contributed by atoms with Crippen LogP contribution in [0.5, 0.6) is 0 Å². The van der Waals surface area contributed by atoms with Crippen molar-refractivity contribution < 1.29 is 5.11 Å². The zero-order chi connectivity index (χ0) is 7.56. The minimum Gasteiger partial charge on any atom is -0.389 e. The summed E-state index contributed by atoms with van der Waals surface area (Å²) in [5, 5.41) is 9.30. The lowest BCUT2D eigenvalue weighted by Crippen LogP contribution is -2.15. The summed E-state index contributed by atoms with van der Waals surface area (Å²) in [6.07, 6.45) is 5.08. The predicted molar refractivity (Wildman–Crippen MR) is 42.8 cm³/mol. The maximum atomic E-state index is 9.30. The Morgan fingerprint density at radius 1 is 1.70 bits per heavy atom. The molecule has 1 N–H and O–H groups in total. The Bertz CT molecular complexity index is 138.